The van der Waals surface area contributed by atoms with Crippen LogP contribution in [0, 0.1) is 6.92 Å². The smallest absolute Gasteiger partial charge is 0.376 e. The van der Waals surface area contributed by atoms with Gasteiger partial charge >= 0.3 is 15.6 Å². The maximum absolute atomic E-state index is 12.3. The Kier molecular flexibility index (Phi) is 4.72. The molecule has 0 saturated carbocycles. The van der Waals surface area contributed by atoms with Crippen LogP contribution < -0.4 is 4.18 Å². The van der Waals surface area contributed by atoms with Crippen molar-refractivity contribution in [1.82, 2.24) is 4.90 Å². The summed E-state index contributed by atoms with van der Waals surface area (Å²) >= 11 is 0. The van der Waals surface area contributed by atoms with Crippen molar-refractivity contribution in [2.24, 2.45) is 0 Å². The molecule has 2 rings (SSSR count). The van der Waals surface area contributed by atoms with Gasteiger partial charge in [0.15, 0.2) is 0 Å². The van der Waals surface area contributed by atoms with Crippen LogP contribution in [0.25, 0.3) is 0 Å². The first kappa shape index (κ1) is 17.1. The standard InChI is InChI=1S/C14H18F3NO3S/c1-10-8-12(21-22(19,20)14(15,16)17)5-6-13(10)11-4-3-7-18(2)9-11/h5-6,8,11H,3-4,7,9H2,1-2H3. The van der Waals surface area contributed by atoms with Crippen molar-refractivity contribution in [3.8, 4) is 5.75 Å². The van der Waals surface area contributed by atoms with Crippen LogP contribution in [0.1, 0.15) is 29.9 Å². The zero-order valence-electron chi connectivity index (χ0n) is 12.4. The molecule has 1 heterocycles. The number of benzene rings is 1. The molecule has 22 heavy (non-hydrogen) atoms. The Hall–Kier alpha value is -1.28. The van der Waals surface area contributed by atoms with Crippen molar-refractivity contribution in [3.05, 3.63) is 29.3 Å². The molecule has 0 radical (unpaired) electrons. The second-order valence-corrected chi connectivity index (χ2v) is 7.14. The highest BCUT2D eigenvalue weighted by Gasteiger charge is 2.48. The first-order chi connectivity index (χ1) is 10.1. The molecule has 1 aliphatic heterocycles. The second-order valence-electron chi connectivity index (χ2n) is 5.60. The Morgan fingerprint density at radius 3 is 2.55 bits per heavy atom. The lowest BCUT2D eigenvalue weighted by Crippen LogP contribution is -2.31. The average Bonchev–Trinajstić information content (AvgIpc) is 2.36. The first-order valence-corrected chi connectivity index (χ1v) is 8.31. The Morgan fingerprint density at radius 2 is 2.00 bits per heavy atom. The minimum Gasteiger partial charge on any atom is -0.376 e. The number of rotatable bonds is 3. The van der Waals surface area contributed by atoms with Gasteiger partial charge in [0.05, 0.1) is 0 Å². The summed E-state index contributed by atoms with van der Waals surface area (Å²) in [5.41, 5.74) is -3.68. The van der Waals surface area contributed by atoms with E-state index in [4.69, 9.17) is 0 Å². The summed E-state index contributed by atoms with van der Waals surface area (Å²) in [5.74, 6) is -0.0187. The topological polar surface area (TPSA) is 46.6 Å². The fraction of sp³-hybridized carbons (Fsp3) is 0.571. The van der Waals surface area contributed by atoms with Crippen LogP contribution in [0.2, 0.25) is 0 Å². The van der Waals surface area contributed by atoms with Crippen LogP contribution in [0.4, 0.5) is 13.2 Å². The Labute approximate surface area is 128 Å². The van der Waals surface area contributed by atoms with Gasteiger partial charge in [0.25, 0.3) is 0 Å². The normalized spacial score (nSPS) is 20.9. The van der Waals surface area contributed by atoms with Crippen molar-refractivity contribution in [1.29, 1.82) is 0 Å². The Morgan fingerprint density at radius 1 is 1.32 bits per heavy atom. The summed E-state index contributed by atoms with van der Waals surface area (Å²) in [5, 5.41) is 0. The molecule has 1 fully saturated rings. The highest BCUT2D eigenvalue weighted by Crippen LogP contribution is 2.32. The fourth-order valence-corrected chi connectivity index (χ4v) is 3.20. The number of likely N-dealkylation sites (tertiary alicyclic amines) is 1. The van der Waals surface area contributed by atoms with Gasteiger partial charge < -0.3 is 9.08 Å². The van der Waals surface area contributed by atoms with Gasteiger partial charge in [-0.25, -0.2) is 0 Å². The summed E-state index contributed by atoms with van der Waals surface area (Å²) in [6.45, 7) is 3.65. The summed E-state index contributed by atoms with van der Waals surface area (Å²) in [7, 11) is -3.60. The van der Waals surface area contributed by atoms with Gasteiger partial charge in [0, 0.05) is 6.54 Å². The van der Waals surface area contributed by atoms with Gasteiger partial charge in [-0.15, -0.1) is 0 Å². The number of hydrogen-bond donors (Lipinski definition) is 0. The Bertz CT molecular complexity index is 643. The third kappa shape index (κ3) is 3.73. The summed E-state index contributed by atoms with van der Waals surface area (Å²) in [6.07, 6.45) is 2.06. The minimum absolute atomic E-state index is 0.298. The zero-order valence-corrected chi connectivity index (χ0v) is 13.2. The molecule has 1 aromatic rings. The SMILES string of the molecule is Cc1cc(OS(=O)(=O)C(F)(F)F)ccc1C1CCCN(C)C1. The molecule has 4 nitrogen and oxygen atoms in total. The highest BCUT2D eigenvalue weighted by molar-refractivity contribution is 7.88. The van der Waals surface area contributed by atoms with E-state index in [9.17, 15) is 21.6 Å². The van der Waals surface area contributed by atoms with Gasteiger partial charge in [-0.3, -0.25) is 0 Å². The van der Waals surface area contributed by atoms with Gasteiger partial charge in [0.1, 0.15) is 5.75 Å². The molecule has 124 valence electrons. The fourth-order valence-electron chi connectivity index (χ4n) is 2.75. The average molecular weight is 337 g/mol. The number of hydrogen-bond acceptors (Lipinski definition) is 4. The Balaban J connectivity index is 2.20. The number of nitrogens with zero attached hydrogens (tertiary/aromatic N) is 1. The van der Waals surface area contributed by atoms with E-state index in [1.165, 1.54) is 12.1 Å². The number of piperidine rings is 1. The van der Waals surface area contributed by atoms with E-state index in [1.807, 2.05) is 7.05 Å². The van der Waals surface area contributed by atoms with E-state index in [1.54, 1.807) is 13.0 Å². The van der Waals surface area contributed by atoms with Crippen LogP contribution >= 0.6 is 0 Å². The maximum Gasteiger partial charge on any atom is 0.534 e. The van der Waals surface area contributed by atoms with Crippen molar-refractivity contribution < 1.29 is 25.8 Å². The van der Waals surface area contributed by atoms with Crippen LogP contribution in [-0.2, 0) is 10.1 Å². The van der Waals surface area contributed by atoms with E-state index in [-0.39, 0.29) is 5.75 Å². The van der Waals surface area contributed by atoms with E-state index in [2.05, 4.69) is 9.08 Å². The monoisotopic (exact) mass is 337 g/mol. The minimum atomic E-state index is -5.62. The van der Waals surface area contributed by atoms with Crippen LogP contribution in [0.15, 0.2) is 18.2 Å². The molecule has 1 unspecified atom stereocenters. The van der Waals surface area contributed by atoms with E-state index in [0.29, 0.717) is 5.92 Å². The molecule has 0 amide bonds. The van der Waals surface area contributed by atoms with Crippen molar-refractivity contribution in [3.63, 3.8) is 0 Å². The van der Waals surface area contributed by atoms with Gasteiger partial charge in [-0.1, -0.05) is 6.07 Å². The summed E-state index contributed by atoms with van der Waals surface area (Å²) in [6, 6.07) is 4.27. The number of aryl methyl sites for hydroxylation is 1. The van der Waals surface area contributed by atoms with Gasteiger partial charge in [-0.05, 0) is 62.5 Å². The molecule has 1 aromatic carbocycles. The quantitative estimate of drug-likeness (QED) is 0.628. The molecule has 1 saturated heterocycles. The molecule has 0 N–H and O–H groups in total. The van der Waals surface area contributed by atoms with Gasteiger partial charge in [-0.2, -0.15) is 21.6 Å². The van der Waals surface area contributed by atoms with Gasteiger partial charge in [0.2, 0.25) is 0 Å². The molecule has 8 heteroatoms. The lowest BCUT2D eigenvalue weighted by molar-refractivity contribution is -0.0500. The van der Waals surface area contributed by atoms with E-state index in [0.717, 1.165) is 37.1 Å². The highest BCUT2D eigenvalue weighted by atomic mass is 32.2. The summed E-state index contributed by atoms with van der Waals surface area (Å²) < 4.78 is 63.1. The predicted molar refractivity (Wildman–Crippen MR) is 76.3 cm³/mol. The maximum atomic E-state index is 12.3. The van der Waals surface area contributed by atoms with E-state index >= 15 is 0 Å². The molecular formula is C14H18F3NO3S. The molecule has 0 aromatic heterocycles. The molecule has 0 spiro atoms. The molecule has 1 aliphatic rings. The first-order valence-electron chi connectivity index (χ1n) is 6.90. The molecule has 0 bridgehead atoms. The zero-order chi connectivity index (χ0) is 16.5. The van der Waals surface area contributed by atoms with Crippen LogP contribution in [-0.4, -0.2) is 39.0 Å². The van der Waals surface area contributed by atoms with Crippen LogP contribution in [0.5, 0.6) is 5.75 Å². The van der Waals surface area contributed by atoms with Crippen molar-refractivity contribution in [2.75, 3.05) is 20.1 Å². The van der Waals surface area contributed by atoms with Crippen molar-refractivity contribution in [2.45, 2.75) is 31.2 Å². The number of likely N-dealkylation sites (N-methyl/N-ethyl adjacent to an activating group) is 1. The molecule has 1 atom stereocenters. The third-order valence-electron chi connectivity index (χ3n) is 3.79. The lowest BCUT2D eigenvalue weighted by Gasteiger charge is -2.30. The number of halogens is 3. The molecule has 0 aliphatic carbocycles. The van der Waals surface area contributed by atoms with Crippen molar-refractivity contribution >= 4 is 10.1 Å². The largest absolute Gasteiger partial charge is 0.534 e. The summed E-state index contributed by atoms with van der Waals surface area (Å²) in [4.78, 5) is 2.20. The second kappa shape index (κ2) is 6.08. The third-order valence-corrected chi connectivity index (χ3v) is 4.77. The number of alkyl halides is 3. The lowest BCUT2D eigenvalue weighted by atomic mass is 9.88. The van der Waals surface area contributed by atoms with Crippen LogP contribution in [0.3, 0.4) is 0 Å². The molecular weight excluding hydrogens is 319 g/mol. The van der Waals surface area contributed by atoms with E-state index < -0.39 is 15.6 Å². The predicted octanol–water partition coefficient (Wildman–Crippen LogP) is 3.03.